The Hall–Kier alpha value is -1.30. The molecular formula is C19H37ClN4O2. The van der Waals surface area contributed by atoms with E-state index in [2.05, 4.69) is 11.9 Å². The molecule has 0 aliphatic carbocycles. The highest BCUT2D eigenvalue weighted by atomic mass is 35.5. The Morgan fingerprint density at radius 2 is 1.50 bits per heavy atom. The lowest BCUT2D eigenvalue weighted by molar-refractivity contribution is -0.136. The van der Waals surface area contributed by atoms with Crippen molar-refractivity contribution in [1.82, 2.24) is 4.90 Å². The van der Waals surface area contributed by atoms with Crippen molar-refractivity contribution >= 4 is 28.7 Å². The van der Waals surface area contributed by atoms with E-state index in [0.29, 0.717) is 25.8 Å². The number of hydrogen-bond acceptors (Lipinski definition) is 3. The van der Waals surface area contributed by atoms with Gasteiger partial charge in [-0.3, -0.25) is 14.6 Å². The van der Waals surface area contributed by atoms with Crippen LogP contribution >= 0.6 is 11.6 Å². The first-order valence-electron chi connectivity index (χ1n) is 9.90. The van der Waals surface area contributed by atoms with Gasteiger partial charge in [0, 0.05) is 20.0 Å². The van der Waals surface area contributed by atoms with E-state index in [0.717, 1.165) is 12.8 Å². The molecule has 7 heteroatoms. The number of likely N-dealkylation sites (N-methyl/N-ethyl adjacent to an activating group) is 1. The summed E-state index contributed by atoms with van der Waals surface area (Å²) in [7, 11) is 1.64. The van der Waals surface area contributed by atoms with Crippen LogP contribution in [0.15, 0.2) is 4.99 Å². The van der Waals surface area contributed by atoms with Gasteiger partial charge in [0.1, 0.15) is 6.04 Å². The number of amides is 1. The smallest absolute Gasteiger partial charge is 0.244 e. The lowest BCUT2D eigenvalue weighted by atomic mass is 10.1. The Bertz CT molecular complexity index is 426. The zero-order chi connectivity index (χ0) is 19.8. The van der Waals surface area contributed by atoms with Gasteiger partial charge in [0.15, 0.2) is 5.96 Å². The van der Waals surface area contributed by atoms with E-state index >= 15 is 0 Å². The minimum absolute atomic E-state index is 0.0218. The quantitative estimate of drug-likeness (QED) is 0.182. The number of carbonyl (C=O) groups excluding carboxylic acids is 2. The maximum absolute atomic E-state index is 12.3. The molecule has 4 N–H and O–H groups in total. The minimum Gasteiger partial charge on any atom is -0.370 e. The van der Waals surface area contributed by atoms with E-state index < -0.39 is 11.3 Å². The number of guanidine groups is 1. The molecule has 0 rings (SSSR count). The Morgan fingerprint density at radius 1 is 0.962 bits per heavy atom. The molecule has 0 aliphatic rings. The van der Waals surface area contributed by atoms with Crippen LogP contribution in [-0.4, -0.2) is 41.6 Å². The summed E-state index contributed by atoms with van der Waals surface area (Å²) >= 11 is 5.66. The van der Waals surface area contributed by atoms with Crippen LogP contribution in [0.5, 0.6) is 0 Å². The van der Waals surface area contributed by atoms with Crippen LogP contribution in [0, 0.1) is 0 Å². The molecule has 0 saturated carbocycles. The molecule has 0 aliphatic heterocycles. The molecule has 0 heterocycles. The van der Waals surface area contributed by atoms with Crippen molar-refractivity contribution in [2.24, 2.45) is 16.5 Å². The molecule has 1 atom stereocenters. The summed E-state index contributed by atoms with van der Waals surface area (Å²) in [5, 5.41) is -0.516. The third-order valence-corrected chi connectivity index (χ3v) is 4.80. The average Bonchev–Trinajstić information content (AvgIpc) is 2.59. The van der Waals surface area contributed by atoms with Crippen molar-refractivity contribution in [2.45, 2.75) is 90.0 Å². The zero-order valence-electron chi connectivity index (χ0n) is 16.5. The van der Waals surface area contributed by atoms with Gasteiger partial charge < -0.3 is 16.4 Å². The van der Waals surface area contributed by atoms with E-state index in [1.807, 2.05) is 0 Å². The molecule has 0 spiro atoms. The molecule has 0 aromatic heterocycles. The van der Waals surface area contributed by atoms with Gasteiger partial charge in [-0.05, 0) is 30.9 Å². The number of hydrogen-bond donors (Lipinski definition) is 2. The van der Waals surface area contributed by atoms with Crippen LogP contribution in [-0.2, 0) is 9.59 Å². The number of unbranched alkanes of at least 4 members (excludes halogenated alkanes) is 8. The van der Waals surface area contributed by atoms with Crippen LogP contribution in [0.1, 0.15) is 84.0 Å². The monoisotopic (exact) mass is 388 g/mol. The van der Waals surface area contributed by atoms with Crippen molar-refractivity contribution in [3.63, 3.8) is 0 Å². The van der Waals surface area contributed by atoms with Gasteiger partial charge in [-0.25, -0.2) is 0 Å². The van der Waals surface area contributed by atoms with Crippen LogP contribution in [0.4, 0.5) is 0 Å². The van der Waals surface area contributed by atoms with Gasteiger partial charge in [0.25, 0.3) is 0 Å². The SMILES string of the molecule is CCCCCCCCCCCC(=O)N(C)[C@@H](CCCN=C(N)N)C(=O)Cl. The molecule has 0 radical (unpaired) electrons. The summed E-state index contributed by atoms with van der Waals surface area (Å²) in [4.78, 5) is 29.3. The lowest BCUT2D eigenvalue weighted by Crippen LogP contribution is -2.40. The molecule has 1 amide bonds. The van der Waals surface area contributed by atoms with Crippen LogP contribution in [0.2, 0.25) is 0 Å². The second-order valence-corrected chi connectivity index (χ2v) is 7.22. The van der Waals surface area contributed by atoms with Crippen molar-refractivity contribution in [3.05, 3.63) is 0 Å². The second kappa shape index (κ2) is 15.9. The number of rotatable bonds is 16. The van der Waals surface area contributed by atoms with Crippen molar-refractivity contribution in [2.75, 3.05) is 13.6 Å². The molecule has 152 valence electrons. The van der Waals surface area contributed by atoms with Gasteiger partial charge in [-0.2, -0.15) is 0 Å². The van der Waals surface area contributed by atoms with E-state index in [9.17, 15) is 9.59 Å². The van der Waals surface area contributed by atoms with Gasteiger partial charge in [0.2, 0.25) is 11.1 Å². The number of aliphatic imine (C=N–C) groups is 1. The highest BCUT2D eigenvalue weighted by Gasteiger charge is 2.24. The molecule has 0 saturated heterocycles. The van der Waals surface area contributed by atoms with Gasteiger partial charge >= 0.3 is 0 Å². The van der Waals surface area contributed by atoms with Crippen LogP contribution < -0.4 is 11.5 Å². The number of nitrogens with zero attached hydrogens (tertiary/aromatic N) is 2. The Morgan fingerprint density at radius 3 is 2.00 bits per heavy atom. The third-order valence-electron chi connectivity index (χ3n) is 4.55. The maximum Gasteiger partial charge on any atom is 0.244 e. The number of halogens is 1. The summed E-state index contributed by atoms with van der Waals surface area (Å²) in [5.41, 5.74) is 10.5. The molecule has 6 nitrogen and oxygen atoms in total. The van der Waals surface area contributed by atoms with Gasteiger partial charge in [0.05, 0.1) is 0 Å². The summed E-state index contributed by atoms with van der Waals surface area (Å²) in [6, 6.07) is -0.614. The predicted octanol–water partition coefficient (Wildman–Crippen LogP) is 3.55. The third kappa shape index (κ3) is 13.0. The normalized spacial score (nSPS) is 11.8. The highest BCUT2D eigenvalue weighted by Crippen LogP contribution is 2.14. The maximum atomic E-state index is 12.3. The first-order chi connectivity index (χ1) is 12.4. The molecule has 0 aromatic carbocycles. The molecule has 0 unspecified atom stereocenters. The fraction of sp³-hybridized carbons (Fsp3) is 0.842. The first kappa shape index (κ1) is 24.7. The Labute approximate surface area is 163 Å². The summed E-state index contributed by atoms with van der Waals surface area (Å²) < 4.78 is 0. The van der Waals surface area contributed by atoms with Crippen molar-refractivity contribution in [1.29, 1.82) is 0 Å². The molecule has 26 heavy (non-hydrogen) atoms. The zero-order valence-corrected chi connectivity index (χ0v) is 17.3. The second-order valence-electron chi connectivity index (χ2n) is 6.85. The molecule has 0 fully saturated rings. The minimum atomic E-state index is -0.614. The first-order valence-corrected chi connectivity index (χ1v) is 10.3. The Balaban J connectivity index is 3.98. The fourth-order valence-corrected chi connectivity index (χ4v) is 3.14. The van der Waals surface area contributed by atoms with E-state index in [4.69, 9.17) is 23.1 Å². The summed E-state index contributed by atoms with van der Waals surface area (Å²) in [6.07, 6.45) is 12.4. The summed E-state index contributed by atoms with van der Waals surface area (Å²) in [6.45, 7) is 2.64. The number of carbonyl (C=O) groups is 2. The Kier molecular flexibility index (Phi) is 15.1. The molecule has 0 bridgehead atoms. The fourth-order valence-electron chi connectivity index (χ4n) is 2.89. The highest BCUT2D eigenvalue weighted by molar-refractivity contribution is 6.64. The van der Waals surface area contributed by atoms with E-state index in [1.54, 1.807) is 7.05 Å². The standard InChI is InChI=1S/C19H37ClN4O2/c1-3-4-5-6-7-8-9-10-11-14-17(25)24(2)16(18(20)26)13-12-15-23-19(21)22/h16H,3-15H2,1-2H3,(H4,21,22,23)/t16-/m0/s1. The van der Waals surface area contributed by atoms with Gasteiger partial charge in [-0.15, -0.1) is 0 Å². The van der Waals surface area contributed by atoms with Gasteiger partial charge in [-0.1, -0.05) is 58.3 Å². The predicted molar refractivity (Wildman–Crippen MR) is 109 cm³/mol. The van der Waals surface area contributed by atoms with Crippen molar-refractivity contribution < 1.29 is 9.59 Å². The van der Waals surface area contributed by atoms with E-state index in [-0.39, 0.29) is 11.9 Å². The van der Waals surface area contributed by atoms with E-state index in [1.165, 1.54) is 49.8 Å². The molecular weight excluding hydrogens is 352 g/mol. The molecule has 0 aromatic rings. The van der Waals surface area contributed by atoms with Crippen LogP contribution in [0.25, 0.3) is 0 Å². The lowest BCUT2D eigenvalue weighted by Gasteiger charge is -2.25. The van der Waals surface area contributed by atoms with Crippen LogP contribution in [0.3, 0.4) is 0 Å². The average molecular weight is 389 g/mol. The van der Waals surface area contributed by atoms with Crippen molar-refractivity contribution in [3.8, 4) is 0 Å². The number of nitrogens with two attached hydrogens (primary N) is 2. The topological polar surface area (TPSA) is 102 Å². The summed E-state index contributed by atoms with van der Waals surface area (Å²) in [5.74, 6) is -0.0117. The largest absolute Gasteiger partial charge is 0.370 e.